The molecule has 2 aromatic rings. The lowest BCUT2D eigenvalue weighted by Gasteiger charge is -2.06. The fourth-order valence-electron chi connectivity index (χ4n) is 2.21. The van der Waals surface area contributed by atoms with E-state index in [-0.39, 0.29) is 5.91 Å². The molecule has 0 saturated heterocycles. The van der Waals surface area contributed by atoms with Gasteiger partial charge in [0.1, 0.15) is 11.5 Å². The zero-order valence-electron chi connectivity index (χ0n) is 14.0. The molecule has 2 rings (SSSR count). The van der Waals surface area contributed by atoms with Crippen LogP contribution in [0.1, 0.15) is 29.7 Å². The standard InChI is InChI=1S/C18H22N2O3S/c1-22-15-9-10-17(23-2)14(12-15)13-19-20-18(21)8-4-3-6-16-7-5-11-24-16/h5,7,9-13H,3-4,6,8H2,1-2H3,(H,20,21)/b19-13-. The molecule has 0 atom stereocenters. The van der Waals surface area contributed by atoms with E-state index in [0.29, 0.717) is 17.9 Å². The molecule has 1 aromatic heterocycles. The third kappa shape index (κ3) is 5.70. The van der Waals surface area contributed by atoms with Crippen molar-refractivity contribution < 1.29 is 14.3 Å². The molecule has 0 aliphatic heterocycles. The number of carbonyl (C=O) groups excluding carboxylic acids is 1. The van der Waals surface area contributed by atoms with Crippen LogP contribution in [0.3, 0.4) is 0 Å². The van der Waals surface area contributed by atoms with Crippen LogP contribution in [0.25, 0.3) is 0 Å². The number of hydrogen-bond acceptors (Lipinski definition) is 5. The van der Waals surface area contributed by atoms with Gasteiger partial charge in [-0.05, 0) is 48.9 Å². The van der Waals surface area contributed by atoms with Gasteiger partial charge in [-0.2, -0.15) is 5.10 Å². The molecule has 0 saturated carbocycles. The molecule has 0 bridgehead atoms. The van der Waals surface area contributed by atoms with Crippen molar-refractivity contribution in [3.05, 3.63) is 46.2 Å². The van der Waals surface area contributed by atoms with E-state index in [9.17, 15) is 4.79 Å². The lowest BCUT2D eigenvalue weighted by atomic mass is 10.1. The smallest absolute Gasteiger partial charge is 0.240 e. The predicted molar refractivity (Wildman–Crippen MR) is 97.2 cm³/mol. The molecular weight excluding hydrogens is 324 g/mol. The van der Waals surface area contributed by atoms with Gasteiger partial charge >= 0.3 is 0 Å². The normalized spacial score (nSPS) is 10.8. The molecule has 1 amide bonds. The van der Waals surface area contributed by atoms with Crippen LogP contribution in [0, 0.1) is 0 Å². The summed E-state index contributed by atoms with van der Waals surface area (Å²) in [5.74, 6) is 1.29. The van der Waals surface area contributed by atoms with Gasteiger partial charge in [-0.25, -0.2) is 5.43 Å². The molecule has 1 N–H and O–H groups in total. The van der Waals surface area contributed by atoms with Crippen LogP contribution in [0.15, 0.2) is 40.8 Å². The van der Waals surface area contributed by atoms with Crippen molar-refractivity contribution in [1.82, 2.24) is 5.43 Å². The van der Waals surface area contributed by atoms with Crippen molar-refractivity contribution in [2.24, 2.45) is 5.10 Å². The minimum absolute atomic E-state index is 0.0840. The highest BCUT2D eigenvalue weighted by Gasteiger charge is 2.04. The number of nitrogens with one attached hydrogen (secondary N) is 1. The summed E-state index contributed by atoms with van der Waals surface area (Å²) in [5.41, 5.74) is 3.30. The Morgan fingerprint density at radius 3 is 2.83 bits per heavy atom. The minimum atomic E-state index is -0.0840. The molecule has 0 aliphatic rings. The third-order valence-electron chi connectivity index (χ3n) is 3.49. The third-order valence-corrected chi connectivity index (χ3v) is 4.42. The Bertz CT molecular complexity index is 669. The van der Waals surface area contributed by atoms with Crippen LogP contribution in [0.5, 0.6) is 11.5 Å². The van der Waals surface area contributed by atoms with Crippen molar-refractivity contribution in [1.29, 1.82) is 0 Å². The van der Waals surface area contributed by atoms with Gasteiger partial charge in [-0.15, -0.1) is 11.3 Å². The molecule has 128 valence electrons. The number of hydrazone groups is 1. The first-order chi connectivity index (χ1) is 11.7. The van der Waals surface area contributed by atoms with Crippen LogP contribution >= 0.6 is 11.3 Å². The first-order valence-electron chi connectivity index (χ1n) is 7.79. The van der Waals surface area contributed by atoms with Crippen molar-refractivity contribution in [2.75, 3.05) is 14.2 Å². The maximum Gasteiger partial charge on any atom is 0.240 e. The molecule has 1 heterocycles. The zero-order valence-corrected chi connectivity index (χ0v) is 14.8. The number of amides is 1. The van der Waals surface area contributed by atoms with Gasteiger partial charge in [0.15, 0.2) is 0 Å². The maximum atomic E-state index is 11.8. The highest BCUT2D eigenvalue weighted by molar-refractivity contribution is 7.09. The van der Waals surface area contributed by atoms with E-state index in [1.165, 1.54) is 4.88 Å². The van der Waals surface area contributed by atoms with Gasteiger partial charge in [0, 0.05) is 16.9 Å². The van der Waals surface area contributed by atoms with Crippen molar-refractivity contribution >= 4 is 23.5 Å². The van der Waals surface area contributed by atoms with Crippen LogP contribution in [-0.2, 0) is 11.2 Å². The highest BCUT2D eigenvalue weighted by atomic mass is 32.1. The number of thiophene rings is 1. The second-order valence-corrected chi connectivity index (χ2v) is 6.22. The van der Waals surface area contributed by atoms with Gasteiger partial charge in [0.05, 0.1) is 20.4 Å². The fraction of sp³-hybridized carbons (Fsp3) is 0.333. The molecule has 0 radical (unpaired) electrons. The molecule has 0 aliphatic carbocycles. The summed E-state index contributed by atoms with van der Waals surface area (Å²) in [5, 5.41) is 6.07. The van der Waals surface area contributed by atoms with E-state index < -0.39 is 0 Å². The van der Waals surface area contributed by atoms with Gasteiger partial charge in [0.25, 0.3) is 0 Å². The van der Waals surface area contributed by atoms with Crippen LogP contribution in [0.2, 0.25) is 0 Å². The number of benzene rings is 1. The van der Waals surface area contributed by atoms with Crippen molar-refractivity contribution in [3.63, 3.8) is 0 Å². The van der Waals surface area contributed by atoms with Gasteiger partial charge in [-0.3, -0.25) is 4.79 Å². The summed E-state index contributed by atoms with van der Waals surface area (Å²) in [6.07, 6.45) is 4.90. The average molecular weight is 346 g/mol. The van der Waals surface area contributed by atoms with E-state index >= 15 is 0 Å². The molecule has 24 heavy (non-hydrogen) atoms. The number of carbonyl (C=O) groups is 1. The lowest BCUT2D eigenvalue weighted by molar-refractivity contribution is -0.121. The van der Waals surface area contributed by atoms with Gasteiger partial charge in [0.2, 0.25) is 5.91 Å². The molecule has 0 fully saturated rings. The SMILES string of the molecule is COc1ccc(OC)c(/C=N\NC(=O)CCCCc2cccs2)c1. The van der Waals surface area contributed by atoms with E-state index in [2.05, 4.69) is 22.0 Å². The summed E-state index contributed by atoms with van der Waals surface area (Å²) in [6.45, 7) is 0. The van der Waals surface area contributed by atoms with E-state index in [4.69, 9.17) is 9.47 Å². The van der Waals surface area contributed by atoms with Crippen LogP contribution < -0.4 is 14.9 Å². The second kappa shape index (κ2) is 9.72. The Kier molecular flexibility index (Phi) is 7.29. The van der Waals surface area contributed by atoms with Gasteiger partial charge < -0.3 is 9.47 Å². The topological polar surface area (TPSA) is 59.9 Å². The summed E-state index contributed by atoms with van der Waals surface area (Å²) in [6, 6.07) is 9.58. The number of unbranched alkanes of at least 4 members (excludes halogenated alkanes) is 1. The number of aryl methyl sites for hydroxylation is 1. The first kappa shape index (κ1) is 18.0. The van der Waals surface area contributed by atoms with Crippen LogP contribution in [-0.4, -0.2) is 26.3 Å². The maximum absolute atomic E-state index is 11.8. The minimum Gasteiger partial charge on any atom is -0.497 e. The summed E-state index contributed by atoms with van der Waals surface area (Å²) in [4.78, 5) is 13.2. The number of methoxy groups -OCH3 is 2. The second-order valence-electron chi connectivity index (χ2n) is 5.19. The first-order valence-corrected chi connectivity index (χ1v) is 8.67. The Balaban J connectivity index is 1.75. The molecule has 0 spiro atoms. The number of ether oxygens (including phenoxy) is 2. The predicted octanol–water partition coefficient (Wildman–Crippen LogP) is 3.63. The van der Waals surface area contributed by atoms with E-state index in [0.717, 1.165) is 24.8 Å². The van der Waals surface area contributed by atoms with Crippen LogP contribution in [0.4, 0.5) is 0 Å². The number of nitrogens with zero attached hydrogens (tertiary/aromatic N) is 1. The summed E-state index contributed by atoms with van der Waals surface area (Å²) >= 11 is 1.75. The summed E-state index contributed by atoms with van der Waals surface area (Å²) in [7, 11) is 3.19. The number of rotatable bonds is 9. The lowest BCUT2D eigenvalue weighted by Crippen LogP contribution is -2.17. The monoisotopic (exact) mass is 346 g/mol. The average Bonchev–Trinajstić information content (AvgIpc) is 3.12. The molecule has 6 heteroatoms. The summed E-state index contributed by atoms with van der Waals surface area (Å²) < 4.78 is 10.4. The fourth-order valence-corrected chi connectivity index (χ4v) is 2.96. The largest absolute Gasteiger partial charge is 0.497 e. The van der Waals surface area contributed by atoms with Crippen molar-refractivity contribution in [3.8, 4) is 11.5 Å². The van der Waals surface area contributed by atoms with E-state index in [1.807, 2.05) is 12.1 Å². The Labute approximate surface area is 146 Å². The Hall–Kier alpha value is -2.34. The quantitative estimate of drug-likeness (QED) is 0.428. The van der Waals surface area contributed by atoms with Crippen molar-refractivity contribution in [2.45, 2.75) is 25.7 Å². The highest BCUT2D eigenvalue weighted by Crippen LogP contribution is 2.22. The Morgan fingerprint density at radius 2 is 2.12 bits per heavy atom. The van der Waals surface area contributed by atoms with Gasteiger partial charge in [-0.1, -0.05) is 6.07 Å². The van der Waals surface area contributed by atoms with E-state index in [1.54, 1.807) is 43.9 Å². The molecule has 0 unspecified atom stereocenters. The molecular formula is C18H22N2O3S. The Morgan fingerprint density at radius 1 is 1.25 bits per heavy atom. The number of hydrogen-bond donors (Lipinski definition) is 1. The molecule has 5 nitrogen and oxygen atoms in total. The zero-order chi connectivity index (χ0) is 17.2. The molecule has 1 aromatic carbocycles.